The Balaban J connectivity index is 2.15. The van der Waals surface area contributed by atoms with Gasteiger partial charge in [-0.05, 0) is 29.2 Å². The Morgan fingerprint density at radius 2 is 1.52 bits per heavy atom. The smallest absolute Gasteiger partial charge is 0.250 e. The Hall–Kier alpha value is -1.70. The van der Waals surface area contributed by atoms with Gasteiger partial charge >= 0.3 is 0 Å². The van der Waals surface area contributed by atoms with Crippen molar-refractivity contribution >= 4 is 33.0 Å². The van der Waals surface area contributed by atoms with E-state index in [-0.39, 0.29) is 10.1 Å². The number of sulfonamides is 1. The molecule has 2 N–H and O–H groups in total. The van der Waals surface area contributed by atoms with Crippen LogP contribution in [-0.4, -0.2) is 19.6 Å². The van der Waals surface area contributed by atoms with Crippen LogP contribution in [0.3, 0.4) is 0 Å². The van der Waals surface area contributed by atoms with Crippen molar-refractivity contribution in [3.63, 3.8) is 0 Å². The summed E-state index contributed by atoms with van der Waals surface area (Å²) in [5, 5.41) is 12.1. The van der Waals surface area contributed by atoms with E-state index in [9.17, 15) is 13.5 Å². The van der Waals surface area contributed by atoms with Crippen molar-refractivity contribution in [2.75, 3.05) is 0 Å². The van der Waals surface area contributed by atoms with Gasteiger partial charge in [0.25, 0.3) is 0 Å². The molecule has 0 unspecified atom stereocenters. The summed E-state index contributed by atoms with van der Waals surface area (Å²) in [6, 6.07) is 20.6. The summed E-state index contributed by atoms with van der Waals surface area (Å²) >= 11 is 6.94. The molecule has 0 spiro atoms. The van der Waals surface area contributed by atoms with Crippen molar-refractivity contribution in [2.45, 2.75) is 36.1 Å². The highest BCUT2D eigenvalue weighted by Crippen LogP contribution is 2.38. The largest absolute Gasteiger partial charge is 0.379 e. The van der Waals surface area contributed by atoms with Gasteiger partial charge in [-0.1, -0.05) is 92.5 Å². The summed E-state index contributed by atoms with van der Waals surface area (Å²) in [6.07, 6.45) is 0.681. The number of aliphatic hydroxyl groups is 1. The summed E-state index contributed by atoms with van der Waals surface area (Å²) in [5.74, 6) is -0.148. The third-order valence-electron chi connectivity index (χ3n) is 5.19. The van der Waals surface area contributed by atoms with E-state index in [1.165, 1.54) is 6.07 Å². The molecule has 1 heterocycles. The van der Waals surface area contributed by atoms with Crippen LogP contribution in [0.25, 0.3) is 0 Å². The van der Waals surface area contributed by atoms with Crippen molar-refractivity contribution in [1.82, 2.24) is 4.72 Å². The molecule has 2 aromatic carbocycles. The van der Waals surface area contributed by atoms with Gasteiger partial charge < -0.3 is 5.11 Å². The lowest BCUT2D eigenvalue weighted by atomic mass is 9.75. The van der Waals surface area contributed by atoms with Crippen LogP contribution in [0.4, 0.5) is 0 Å². The van der Waals surface area contributed by atoms with E-state index in [1.807, 2.05) is 74.5 Å². The molecule has 4 nitrogen and oxygen atoms in total. The quantitative estimate of drug-likeness (QED) is 0.506. The fourth-order valence-corrected chi connectivity index (χ4v) is 6.29. The van der Waals surface area contributed by atoms with Gasteiger partial charge in [0.2, 0.25) is 10.0 Å². The van der Waals surface area contributed by atoms with Gasteiger partial charge in [-0.25, -0.2) is 13.1 Å². The van der Waals surface area contributed by atoms with E-state index in [4.69, 9.17) is 11.6 Å². The second kappa shape index (κ2) is 8.98. The SMILES string of the molecule is CC[C@H](C)[C@H](NS(=O)(=O)c1ccc(Cl)s1)C(O)(c1ccccc1)c1ccccc1. The van der Waals surface area contributed by atoms with Crippen LogP contribution < -0.4 is 4.72 Å². The van der Waals surface area contributed by atoms with E-state index < -0.39 is 21.7 Å². The van der Waals surface area contributed by atoms with Crippen LogP contribution in [0.2, 0.25) is 4.34 Å². The van der Waals surface area contributed by atoms with E-state index >= 15 is 0 Å². The second-order valence-corrected chi connectivity index (χ2v) is 10.7. The highest BCUT2D eigenvalue weighted by molar-refractivity contribution is 7.91. The molecule has 0 bridgehead atoms. The topological polar surface area (TPSA) is 66.4 Å². The lowest BCUT2D eigenvalue weighted by Gasteiger charge is -2.40. The van der Waals surface area contributed by atoms with Crippen LogP contribution in [0, 0.1) is 5.92 Å². The molecule has 0 fully saturated rings. The van der Waals surface area contributed by atoms with Crippen LogP contribution in [0.1, 0.15) is 31.4 Å². The lowest BCUT2D eigenvalue weighted by Crippen LogP contribution is -2.54. The fourth-order valence-electron chi connectivity index (χ4n) is 3.43. The molecule has 0 aliphatic rings. The Bertz CT molecular complexity index is 997. The molecule has 7 heteroatoms. The molecule has 0 radical (unpaired) electrons. The predicted octanol–water partition coefficient (Wildman–Crippen LogP) is 5.03. The minimum Gasteiger partial charge on any atom is -0.379 e. The molecular formula is C22H24ClNO3S2. The van der Waals surface area contributed by atoms with Crippen LogP contribution in [0.15, 0.2) is 77.0 Å². The van der Waals surface area contributed by atoms with E-state index in [0.717, 1.165) is 11.3 Å². The highest BCUT2D eigenvalue weighted by Gasteiger charge is 2.44. The molecular weight excluding hydrogens is 426 g/mol. The van der Waals surface area contributed by atoms with Crippen molar-refractivity contribution in [1.29, 1.82) is 0 Å². The van der Waals surface area contributed by atoms with Gasteiger partial charge in [0.1, 0.15) is 9.81 Å². The molecule has 3 aromatic rings. The molecule has 29 heavy (non-hydrogen) atoms. The van der Waals surface area contributed by atoms with Gasteiger partial charge in [0, 0.05) is 0 Å². The number of thiophene rings is 1. The second-order valence-electron chi connectivity index (χ2n) is 7.04. The first-order valence-electron chi connectivity index (χ1n) is 9.40. The Morgan fingerprint density at radius 1 is 1.00 bits per heavy atom. The predicted molar refractivity (Wildman–Crippen MR) is 119 cm³/mol. The first-order valence-corrected chi connectivity index (χ1v) is 12.1. The number of rotatable bonds is 8. The lowest BCUT2D eigenvalue weighted by molar-refractivity contribution is 0.0247. The monoisotopic (exact) mass is 449 g/mol. The van der Waals surface area contributed by atoms with Gasteiger partial charge in [-0.3, -0.25) is 0 Å². The average Bonchev–Trinajstić information content (AvgIpc) is 3.19. The summed E-state index contributed by atoms with van der Waals surface area (Å²) in [4.78, 5) is 0. The van der Waals surface area contributed by atoms with E-state index in [1.54, 1.807) is 6.07 Å². The minimum atomic E-state index is -3.87. The Kier molecular flexibility index (Phi) is 6.81. The molecule has 3 rings (SSSR count). The molecule has 0 saturated heterocycles. The van der Waals surface area contributed by atoms with Crippen molar-refractivity contribution in [3.05, 3.63) is 88.3 Å². The number of nitrogens with one attached hydrogen (secondary N) is 1. The number of hydrogen-bond donors (Lipinski definition) is 2. The average molecular weight is 450 g/mol. The van der Waals surface area contributed by atoms with E-state index in [2.05, 4.69) is 4.72 Å². The Morgan fingerprint density at radius 3 is 1.93 bits per heavy atom. The first kappa shape index (κ1) is 22.0. The zero-order chi connectivity index (χ0) is 21.1. The summed E-state index contributed by atoms with van der Waals surface area (Å²) < 4.78 is 29.5. The molecule has 0 amide bonds. The van der Waals surface area contributed by atoms with Crippen LogP contribution in [-0.2, 0) is 15.6 Å². The van der Waals surface area contributed by atoms with Gasteiger partial charge in [0.05, 0.1) is 10.4 Å². The summed E-state index contributed by atoms with van der Waals surface area (Å²) in [6.45, 7) is 3.91. The zero-order valence-electron chi connectivity index (χ0n) is 16.2. The molecule has 0 aliphatic heterocycles. The minimum absolute atomic E-state index is 0.124. The maximum absolute atomic E-state index is 13.1. The molecule has 0 aliphatic carbocycles. The fraction of sp³-hybridized carbons (Fsp3) is 0.273. The third kappa shape index (κ3) is 4.57. The number of benzene rings is 2. The molecule has 1 aromatic heterocycles. The van der Waals surface area contributed by atoms with Crippen molar-refractivity contribution in [2.24, 2.45) is 5.92 Å². The third-order valence-corrected chi connectivity index (χ3v) is 8.35. The Labute approximate surface area is 181 Å². The van der Waals surface area contributed by atoms with Crippen LogP contribution >= 0.6 is 22.9 Å². The van der Waals surface area contributed by atoms with Gasteiger partial charge in [-0.15, -0.1) is 11.3 Å². The highest BCUT2D eigenvalue weighted by atomic mass is 35.5. The normalized spacial score (nSPS) is 14.5. The summed E-state index contributed by atoms with van der Waals surface area (Å²) in [7, 11) is -3.87. The van der Waals surface area contributed by atoms with E-state index in [0.29, 0.717) is 21.9 Å². The maximum atomic E-state index is 13.1. The zero-order valence-corrected chi connectivity index (χ0v) is 18.6. The number of halogens is 1. The van der Waals surface area contributed by atoms with Crippen molar-refractivity contribution in [3.8, 4) is 0 Å². The van der Waals surface area contributed by atoms with Crippen molar-refractivity contribution < 1.29 is 13.5 Å². The molecule has 2 atom stereocenters. The van der Waals surface area contributed by atoms with Gasteiger partial charge in [-0.2, -0.15) is 0 Å². The van der Waals surface area contributed by atoms with Crippen LogP contribution in [0.5, 0.6) is 0 Å². The van der Waals surface area contributed by atoms with Gasteiger partial charge in [0.15, 0.2) is 0 Å². The first-order chi connectivity index (χ1) is 13.8. The summed E-state index contributed by atoms with van der Waals surface area (Å²) in [5.41, 5.74) is -0.293. The molecule has 154 valence electrons. The number of hydrogen-bond acceptors (Lipinski definition) is 4. The molecule has 0 saturated carbocycles. The maximum Gasteiger partial charge on any atom is 0.250 e. The standard InChI is InChI=1S/C22H24ClNO3S2/c1-3-16(2)21(24-29(26,27)20-15-14-19(23)28-20)22(25,17-10-6-4-7-11-17)18-12-8-5-9-13-18/h4-16,21,24-25H,3H2,1-2H3/t16-,21-/m0/s1.